The zero-order valence-electron chi connectivity index (χ0n) is 21.1. The van der Waals surface area contributed by atoms with E-state index in [1.165, 1.54) is 0 Å². The fourth-order valence-electron chi connectivity index (χ4n) is 4.56. The van der Waals surface area contributed by atoms with E-state index >= 15 is 0 Å². The second-order valence-corrected chi connectivity index (χ2v) is 9.57. The van der Waals surface area contributed by atoms with Crippen molar-refractivity contribution in [2.75, 3.05) is 37.7 Å². The summed E-state index contributed by atoms with van der Waals surface area (Å²) < 4.78 is 9.64. The summed E-state index contributed by atoms with van der Waals surface area (Å²) in [5, 5.41) is 14.0. The quantitative estimate of drug-likeness (QED) is 0.367. The van der Waals surface area contributed by atoms with Crippen LogP contribution < -0.4 is 9.64 Å². The third-order valence-corrected chi connectivity index (χ3v) is 6.48. The van der Waals surface area contributed by atoms with Gasteiger partial charge in [-0.25, -0.2) is 14.5 Å². The Morgan fingerprint density at radius 2 is 2.03 bits per heavy atom. The lowest BCUT2D eigenvalue weighted by molar-refractivity contribution is -0.132. The molecule has 0 spiro atoms. The van der Waals surface area contributed by atoms with Gasteiger partial charge < -0.3 is 19.1 Å². The van der Waals surface area contributed by atoms with Gasteiger partial charge in [0, 0.05) is 62.3 Å². The van der Waals surface area contributed by atoms with Crippen molar-refractivity contribution in [3.63, 3.8) is 0 Å². The predicted octanol–water partition coefficient (Wildman–Crippen LogP) is 3.24. The van der Waals surface area contributed by atoms with Crippen LogP contribution in [0.2, 0.25) is 0 Å². The number of nitrogens with zero attached hydrogens (tertiary/aromatic N) is 8. The van der Waals surface area contributed by atoms with Gasteiger partial charge in [0.25, 0.3) is 0 Å². The van der Waals surface area contributed by atoms with Gasteiger partial charge in [0.05, 0.1) is 36.3 Å². The molecule has 0 saturated carbocycles. The minimum Gasteiger partial charge on any atom is -0.490 e. The molecule has 1 aliphatic rings. The fraction of sp³-hybridized carbons (Fsp3) is 0.370. The molecule has 10 heteroatoms. The highest BCUT2D eigenvalue weighted by molar-refractivity contribution is 5.85. The maximum atomic E-state index is 12.4. The van der Waals surface area contributed by atoms with E-state index in [1.807, 2.05) is 40.1 Å². The molecule has 1 aliphatic heterocycles. The van der Waals surface area contributed by atoms with Crippen LogP contribution in [-0.2, 0) is 11.3 Å². The lowest BCUT2D eigenvalue weighted by Gasteiger charge is -2.35. The predicted molar refractivity (Wildman–Crippen MR) is 139 cm³/mol. The highest BCUT2D eigenvalue weighted by Crippen LogP contribution is 2.31. The molecule has 4 aromatic rings. The first-order valence-electron chi connectivity index (χ1n) is 12.5. The average Bonchev–Trinajstić information content (AvgIpc) is 3.58. The van der Waals surface area contributed by atoms with Crippen molar-refractivity contribution in [3.8, 4) is 22.9 Å². The summed E-state index contributed by atoms with van der Waals surface area (Å²) in [5.74, 6) is 2.12. The van der Waals surface area contributed by atoms with Crippen LogP contribution in [0.15, 0.2) is 55.5 Å². The Hall–Kier alpha value is -4.39. The van der Waals surface area contributed by atoms with Gasteiger partial charge in [0.2, 0.25) is 5.91 Å². The Morgan fingerprint density at radius 1 is 1.19 bits per heavy atom. The summed E-state index contributed by atoms with van der Waals surface area (Å²) in [6.45, 7) is 8.19. The standard InChI is InChI=1S/C27H30N8O2/c1-20(2)13-26(36)34-9-7-33(8-10-34)25-4-3-21(16-30-25)24-14-23(37-12-11-32-6-5-29-19-32)18-35-27(24)22(15-28)17-31-35/h3-6,14,16-20H,7-13H2,1-2H3. The number of carbonyl (C=O) groups is 1. The normalized spacial score (nSPS) is 13.8. The van der Waals surface area contributed by atoms with Gasteiger partial charge in [-0.15, -0.1) is 0 Å². The first-order valence-corrected chi connectivity index (χ1v) is 12.5. The third-order valence-electron chi connectivity index (χ3n) is 6.48. The molecule has 1 amide bonds. The van der Waals surface area contributed by atoms with Crippen molar-refractivity contribution in [3.05, 3.63) is 61.1 Å². The maximum absolute atomic E-state index is 12.4. The van der Waals surface area contributed by atoms with E-state index in [9.17, 15) is 10.1 Å². The number of hydrogen-bond acceptors (Lipinski definition) is 7. The van der Waals surface area contributed by atoms with Crippen LogP contribution in [-0.4, -0.2) is 67.7 Å². The number of imidazole rings is 1. The van der Waals surface area contributed by atoms with Gasteiger partial charge in [0.15, 0.2) is 0 Å². The molecule has 37 heavy (non-hydrogen) atoms. The van der Waals surface area contributed by atoms with Crippen LogP contribution in [0.4, 0.5) is 5.82 Å². The summed E-state index contributed by atoms with van der Waals surface area (Å²) >= 11 is 0. The number of nitriles is 1. The molecule has 0 aliphatic carbocycles. The minimum absolute atomic E-state index is 0.225. The lowest BCUT2D eigenvalue weighted by atomic mass is 10.1. The Labute approximate surface area is 215 Å². The Balaban J connectivity index is 1.33. The number of piperazine rings is 1. The molecule has 0 unspecified atom stereocenters. The summed E-state index contributed by atoms with van der Waals surface area (Å²) in [5.41, 5.74) is 2.91. The summed E-state index contributed by atoms with van der Waals surface area (Å²) in [6, 6.07) is 8.17. The number of rotatable bonds is 8. The number of anilines is 1. The summed E-state index contributed by atoms with van der Waals surface area (Å²) in [7, 11) is 0. The molecule has 0 radical (unpaired) electrons. The molecule has 4 aromatic heterocycles. The van der Waals surface area contributed by atoms with Crippen LogP contribution in [0, 0.1) is 17.2 Å². The van der Waals surface area contributed by atoms with E-state index in [0.29, 0.717) is 49.9 Å². The van der Waals surface area contributed by atoms with Crippen molar-refractivity contribution in [2.24, 2.45) is 5.92 Å². The number of ether oxygens (including phenoxy) is 1. The highest BCUT2D eigenvalue weighted by Gasteiger charge is 2.22. The van der Waals surface area contributed by atoms with Gasteiger partial charge in [-0.2, -0.15) is 10.4 Å². The van der Waals surface area contributed by atoms with Crippen molar-refractivity contribution in [1.29, 1.82) is 5.26 Å². The number of pyridine rings is 2. The average molecular weight is 499 g/mol. The van der Waals surface area contributed by atoms with Crippen LogP contribution in [0.3, 0.4) is 0 Å². The van der Waals surface area contributed by atoms with E-state index in [0.717, 1.165) is 35.6 Å². The summed E-state index contributed by atoms with van der Waals surface area (Å²) in [6.07, 6.45) is 11.1. The van der Waals surface area contributed by atoms with Gasteiger partial charge in [-0.3, -0.25) is 4.79 Å². The Morgan fingerprint density at radius 3 is 2.70 bits per heavy atom. The fourth-order valence-corrected chi connectivity index (χ4v) is 4.56. The van der Waals surface area contributed by atoms with E-state index < -0.39 is 0 Å². The van der Waals surface area contributed by atoms with Gasteiger partial charge >= 0.3 is 0 Å². The smallest absolute Gasteiger partial charge is 0.222 e. The lowest BCUT2D eigenvalue weighted by Crippen LogP contribution is -2.49. The van der Waals surface area contributed by atoms with Crippen molar-refractivity contribution in [1.82, 2.24) is 29.0 Å². The van der Waals surface area contributed by atoms with Crippen molar-refractivity contribution < 1.29 is 9.53 Å². The number of fused-ring (bicyclic) bond motifs is 1. The molecule has 0 atom stereocenters. The molecule has 5 heterocycles. The zero-order chi connectivity index (χ0) is 25.8. The SMILES string of the molecule is CC(C)CC(=O)N1CCN(c2ccc(-c3cc(OCCn4ccnc4)cn4ncc(C#N)c34)cn2)CC1. The molecule has 0 bridgehead atoms. The maximum Gasteiger partial charge on any atom is 0.222 e. The van der Waals surface area contributed by atoms with E-state index in [4.69, 9.17) is 9.72 Å². The Kier molecular flexibility index (Phi) is 7.03. The van der Waals surface area contributed by atoms with E-state index in [-0.39, 0.29) is 5.91 Å². The van der Waals surface area contributed by atoms with Gasteiger partial charge in [-0.05, 0) is 24.1 Å². The molecule has 5 rings (SSSR count). The first kappa shape index (κ1) is 24.3. The largest absolute Gasteiger partial charge is 0.490 e. The Bertz CT molecular complexity index is 1390. The van der Waals surface area contributed by atoms with Crippen LogP contribution in [0.25, 0.3) is 16.6 Å². The first-order chi connectivity index (χ1) is 18.0. The number of carbonyl (C=O) groups excluding carboxylic acids is 1. The molecule has 10 nitrogen and oxygen atoms in total. The second kappa shape index (κ2) is 10.7. The number of hydrogen-bond donors (Lipinski definition) is 0. The van der Waals surface area contributed by atoms with Crippen LogP contribution in [0.1, 0.15) is 25.8 Å². The van der Waals surface area contributed by atoms with Gasteiger partial charge in [-0.1, -0.05) is 13.8 Å². The van der Waals surface area contributed by atoms with E-state index in [2.05, 4.69) is 34.9 Å². The van der Waals surface area contributed by atoms with E-state index in [1.54, 1.807) is 29.4 Å². The molecule has 190 valence electrons. The number of aromatic nitrogens is 5. The third kappa shape index (κ3) is 5.40. The molecule has 1 saturated heterocycles. The molecule has 1 fully saturated rings. The molecular weight excluding hydrogens is 468 g/mol. The van der Waals surface area contributed by atoms with Gasteiger partial charge in [0.1, 0.15) is 24.2 Å². The highest BCUT2D eigenvalue weighted by atomic mass is 16.5. The van der Waals surface area contributed by atoms with Crippen molar-refractivity contribution in [2.45, 2.75) is 26.8 Å². The molecule has 0 aromatic carbocycles. The van der Waals surface area contributed by atoms with Crippen LogP contribution >= 0.6 is 0 Å². The summed E-state index contributed by atoms with van der Waals surface area (Å²) in [4.78, 5) is 25.3. The van der Waals surface area contributed by atoms with Crippen molar-refractivity contribution >= 4 is 17.2 Å². The van der Waals surface area contributed by atoms with Crippen LogP contribution in [0.5, 0.6) is 5.75 Å². The number of amides is 1. The second-order valence-electron chi connectivity index (χ2n) is 9.57. The zero-order valence-corrected chi connectivity index (χ0v) is 21.1. The topological polar surface area (TPSA) is 105 Å². The molecule has 0 N–H and O–H groups in total. The molecular formula is C27H30N8O2. The minimum atomic E-state index is 0.225. The monoisotopic (exact) mass is 498 g/mol.